The zero-order valence-corrected chi connectivity index (χ0v) is 17.4. The van der Waals surface area contributed by atoms with Crippen LogP contribution in [-0.2, 0) is 20.8 Å². The fourth-order valence-corrected chi connectivity index (χ4v) is 2.67. The van der Waals surface area contributed by atoms with Crippen LogP contribution in [0.3, 0.4) is 0 Å². The highest BCUT2D eigenvalue weighted by atomic mass is 19.4. The number of ether oxygens (including phenoxy) is 4. The molecule has 3 heterocycles. The van der Waals surface area contributed by atoms with Crippen LogP contribution in [0.5, 0.6) is 5.75 Å². The van der Waals surface area contributed by atoms with Gasteiger partial charge in [-0.05, 0) is 6.07 Å². The third kappa shape index (κ3) is 6.92. The van der Waals surface area contributed by atoms with Gasteiger partial charge in [0.15, 0.2) is 12.9 Å². The molecule has 1 fully saturated rings. The van der Waals surface area contributed by atoms with Crippen LogP contribution >= 0.6 is 0 Å². The monoisotopic (exact) mass is 440 g/mol. The van der Waals surface area contributed by atoms with E-state index in [4.69, 9.17) is 18.9 Å². The first kappa shape index (κ1) is 23.0. The fraction of sp³-hybridized carbons (Fsp3) is 0.550. The Morgan fingerprint density at radius 3 is 2.71 bits per heavy atom. The quantitative estimate of drug-likeness (QED) is 0.639. The van der Waals surface area contributed by atoms with E-state index in [-0.39, 0.29) is 35.7 Å². The highest BCUT2D eigenvalue weighted by molar-refractivity contribution is 5.63. The normalized spacial score (nSPS) is 16.6. The van der Waals surface area contributed by atoms with Crippen molar-refractivity contribution >= 4 is 0 Å². The van der Waals surface area contributed by atoms with Gasteiger partial charge in [-0.1, -0.05) is 30.9 Å². The lowest BCUT2D eigenvalue weighted by Gasteiger charge is -2.34. The smallest absolute Gasteiger partial charge is 0.422 e. The van der Waals surface area contributed by atoms with Crippen LogP contribution < -0.4 is 4.74 Å². The average Bonchev–Trinajstić information content (AvgIpc) is 3.16. The Morgan fingerprint density at radius 1 is 1.29 bits per heavy atom. The number of rotatable bonds is 6. The van der Waals surface area contributed by atoms with E-state index in [2.05, 4.69) is 27.1 Å². The Labute approximate surface area is 177 Å². The molecule has 1 aliphatic heterocycles. The van der Waals surface area contributed by atoms with Crippen LogP contribution in [0.25, 0.3) is 11.4 Å². The van der Waals surface area contributed by atoms with Crippen molar-refractivity contribution in [2.45, 2.75) is 32.9 Å². The van der Waals surface area contributed by atoms with E-state index in [1.165, 1.54) is 24.1 Å². The zero-order chi connectivity index (χ0) is 22.5. The third-order valence-electron chi connectivity index (χ3n) is 4.13. The van der Waals surface area contributed by atoms with Gasteiger partial charge in [-0.3, -0.25) is 0 Å². The molecular weight excluding hydrogens is 417 g/mol. The van der Waals surface area contributed by atoms with Gasteiger partial charge < -0.3 is 18.9 Å². The minimum absolute atomic E-state index is 0.0629. The van der Waals surface area contributed by atoms with Gasteiger partial charge >= 0.3 is 6.18 Å². The van der Waals surface area contributed by atoms with E-state index in [1.54, 1.807) is 6.20 Å². The first-order valence-electron chi connectivity index (χ1n) is 9.46. The van der Waals surface area contributed by atoms with Crippen molar-refractivity contribution in [2.75, 3.05) is 33.5 Å². The summed E-state index contributed by atoms with van der Waals surface area (Å²) in [5, 5.41) is 8.01. The van der Waals surface area contributed by atoms with Gasteiger partial charge in [0.05, 0.1) is 26.0 Å². The van der Waals surface area contributed by atoms with Crippen LogP contribution in [0.2, 0.25) is 0 Å². The summed E-state index contributed by atoms with van der Waals surface area (Å²) in [5.41, 5.74) is 0.702. The Kier molecular flexibility index (Phi) is 7.15. The molecule has 1 saturated heterocycles. The summed E-state index contributed by atoms with van der Waals surface area (Å²) < 4.78 is 60.7. The zero-order valence-electron chi connectivity index (χ0n) is 17.4. The molecule has 0 saturated carbocycles. The SMILES string of the molecule is COCC#Cc1cnc(-c2cn(CC3OCC(C)(C)CO3)nn2)c(OCC(F)(F)F)c1. The maximum Gasteiger partial charge on any atom is 0.422 e. The van der Waals surface area contributed by atoms with Gasteiger partial charge in [-0.2, -0.15) is 13.2 Å². The fourth-order valence-electron chi connectivity index (χ4n) is 2.67. The molecule has 31 heavy (non-hydrogen) atoms. The summed E-state index contributed by atoms with van der Waals surface area (Å²) in [5.74, 6) is 5.37. The maximum atomic E-state index is 12.7. The highest BCUT2D eigenvalue weighted by Crippen LogP contribution is 2.29. The van der Waals surface area contributed by atoms with Crippen LogP contribution in [0.4, 0.5) is 13.2 Å². The molecule has 0 spiro atoms. The highest BCUT2D eigenvalue weighted by Gasteiger charge is 2.30. The van der Waals surface area contributed by atoms with Gasteiger partial charge in [0.25, 0.3) is 0 Å². The van der Waals surface area contributed by atoms with Gasteiger partial charge in [-0.15, -0.1) is 5.10 Å². The predicted octanol–water partition coefficient (Wildman–Crippen LogP) is 2.68. The molecule has 0 aromatic carbocycles. The van der Waals surface area contributed by atoms with Crippen LogP contribution in [0, 0.1) is 17.3 Å². The molecule has 0 unspecified atom stereocenters. The summed E-state index contributed by atoms with van der Waals surface area (Å²) >= 11 is 0. The van der Waals surface area contributed by atoms with Gasteiger partial charge in [0.2, 0.25) is 0 Å². The minimum Gasteiger partial charge on any atom is -0.482 e. The minimum atomic E-state index is -4.50. The summed E-state index contributed by atoms with van der Waals surface area (Å²) in [6.45, 7) is 4.15. The summed E-state index contributed by atoms with van der Waals surface area (Å²) in [7, 11) is 1.49. The van der Waals surface area contributed by atoms with Crippen molar-refractivity contribution in [1.29, 1.82) is 0 Å². The summed E-state index contributed by atoms with van der Waals surface area (Å²) in [6.07, 6.45) is -2.02. The van der Waals surface area contributed by atoms with Crippen molar-refractivity contribution in [1.82, 2.24) is 20.0 Å². The van der Waals surface area contributed by atoms with Crippen LogP contribution in [0.15, 0.2) is 18.5 Å². The molecule has 2 aromatic rings. The molecule has 0 radical (unpaired) electrons. The van der Waals surface area contributed by atoms with E-state index in [0.29, 0.717) is 18.8 Å². The number of hydrogen-bond donors (Lipinski definition) is 0. The number of alkyl halides is 3. The number of aromatic nitrogens is 4. The number of methoxy groups -OCH3 is 1. The van der Waals surface area contributed by atoms with E-state index in [1.807, 2.05) is 13.8 Å². The lowest BCUT2D eigenvalue weighted by molar-refractivity contribution is -0.227. The molecule has 11 heteroatoms. The van der Waals surface area contributed by atoms with Gasteiger partial charge in [0, 0.05) is 24.3 Å². The maximum absolute atomic E-state index is 12.7. The number of pyridine rings is 1. The van der Waals surface area contributed by atoms with E-state index in [9.17, 15) is 13.2 Å². The number of nitrogens with zero attached hydrogens (tertiary/aromatic N) is 4. The standard InChI is InChI=1S/C20H23F3N4O4/c1-19(2)11-30-17(31-12-19)10-27-9-15(25-26-27)18-16(29-13-20(21,22)23)7-14(8-24-18)5-4-6-28-3/h7-9,17H,6,10-13H2,1-3H3. The Balaban J connectivity index is 1.78. The first-order valence-corrected chi connectivity index (χ1v) is 9.46. The Bertz CT molecular complexity index is 940. The van der Waals surface area contributed by atoms with Crippen LogP contribution in [-0.4, -0.2) is 66.0 Å². The topological polar surface area (TPSA) is 80.5 Å². The molecule has 0 aliphatic carbocycles. The molecule has 8 nitrogen and oxygen atoms in total. The largest absolute Gasteiger partial charge is 0.482 e. The molecular formula is C20H23F3N4O4. The number of halogens is 3. The summed E-state index contributed by atoms with van der Waals surface area (Å²) in [6, 6.07) is 1.38. The lowest BCUT2D eigenvalue weighted by atomic mass is 9.96. The molecule has 3 rings (SSSR count). The van der Waals surface area contributed by atoms with Crippen molar-refractivity contribution in [3.63, 3.8) is 0 Å². The second-order valence-electron chi connectivity index (χ2n) is 7.75. The predicted molar refractivity (Wildman–Crippen MR) is 103 cm³/mol. The van der Waals surface area contributed by atoms with Crippen molar-refractivity contribution in [2.24, 2.45) is 5.41 Å². The second kappa shape index (κ2) is 9.64. The molecule has 0 amide bonds. The Morgan fingerprint density at radius 2 is 2.03 bits per heavy atom. The van der Waals surface area contributed by atoms with Crippen molar-refractivity contribution in [3.05, 3.63) is 24.0 Å². The third-order valence-corrected chi connectivity index (χ3v) is 4.13. The van der Waals surface area contributed by atoms with E-state index >= 15 is 0 Å². The van der Waals surface area contributed by atoms with Gasteiger partial charge in [0.1, 0.15) is 23.7 Å². The summed E-state index contributed by atoms with van der Waals surface area (Å²) in [4.78, 5) is 4.19. The van der Waals surface area contributed by atoms with Gasteiger partial charge in [-0.25, -0.2) is 9.67 Å². The first-order chi connectivity index (χ1) is 14.6. The van der Waals surface area contributed by atoms with E-state index < -0.39 is 19.1 Å². The molecule has 0 atom stereocenters. The molecule has 0 bridgehead atoms. The Hall–Kier alpha value is -2.68. The van der Waals surface area contributed by atoms with Crippen molar-refractivity contribution < 1.29 is 32.1 Å². The number of hydrogen-bond acceptors (Lipinski definition) is 7. The van der Waals surface area contributed by atoms with Crippen molar-refractivity contribution in [3.8, 4) is 29.0 Å². The lowest BCUT2D eigenvalue weighted by Crippen LogP contribution is -2.39. The second-order valence-corrected chi connectivity index (χ2v) is 7.75. The molecule has 2 aromatic heterocycles. The molecule has 1 aliphatic rings. The molecule has 168 valence electrons. The van der Waals surface area contributed by atoms with Crippen LogP contribution in [0.1, 0.15) is 19.4 Å². The van der Waals surface area contributed by atoms with E-state index in [0.717, 1.165) is 0 Å². The molecule has 0 N–H and O–H groups in total. The average molecular weight is 440 g/mol.